The zero-order chi connectivity index (χ0) is 40.1. The number of rotatable bonds is 37. The van der Waals surface area contributed by atoms with Gasteiger partial charge in [0.25, 0.3) is 0 Å². The molecular weight excluding hydrogens is 713 g/mol. The minimum Gasteiger partial charge on any atom is -0.480 e. The van der Waals surface area contributed by atoms with Crippen LogP contribution >= 0.6 is 7.82 Å². The third-order valence-electron chi connectivity index (χ3n) is 8.41. The SMILES string of the molecule is CCCCC/C=C\C=C/[C@@H](O)C/C=C\C/C=C/CCCC(=O)OC[C@H](COP(=O)(O)OC[C@H](N)C(=O)O)OC(=O)CCCCCCCCCCCCCC. The number of aliphatic hydroxyl groups is 1. The van der Waals surface area contributed by atoms with Gasteiger partial charge in [0.1, 0.15) is 12.6 Å². The van der Waals surface area contributed by atoms with Crippen LogP contribution in [0.5, 0.6) is 0 Å². The molecule has 0 saturated carbocycles. The number of hydrogen-bond donors (Lipinski definition) is 4. The summed E-state index contributed by atoms with van der Waals surface area (Å²) in [5, 5.41) is 18.9. The van der Waals surface area contributed by atoms with Gasteiger partial charge in [0.05, 0.1) is 19.3 Å². The highest BCUT2D eigenvalue weighted by Gasteiger charge is 2.28. The molecule has 4 atom stereocenters. The van der Waals surface area contributed by atoms with Crippen molar-refractivity contribution in [2.75, 3.05) is 19.8 Å². The van der Waals surface area contributed by atoms with Crippen LogP contribution in [0.3, 0.4) is 0 Å². The monoisotopic (exact) mass is 785 g/mol. The molecule has 12 nitrogen and oxygen atoms in total. The van der Waals surface area contributed by atoms with E-state index < -0.39 is 63.8 Å². The Bertz CT molecular complexity index is 1120. The van der Waals surface area contributed by atoms with Gasteiger partial charge < -0.3 is 30.3 Å². The molecule has 0 spiro atoms. The Kier molecular flexibility index (Phi) is 34.3. The van der Waals surface area contributed by atoms with E-state index in [4.69, 9.17) is 24.8 Å². The minimum atomic E-state index is -4.74. The van der Waals surface area contributed by atoms with E-state index in [0.29, 0.717) is 32.1 Å². The number of aliphatic hydroxyl groups excluding tert-OH is 1. The highest BCUT2D eigenvalue weighted by molar-refractivity contribution is 7.47. The highest BCUT2D eigenvalue weighted by atomic mass is 31.2. The number of phosphoric acid groups is 1. The third-order valence-corrected chi connectivity index (χ3v) is 9.36. The first-order valence-electron chi connectivity index (χ1n) is 20.3. The largest absolute Gasteiger partial charge is 0.480 e. The van der Waals surface area contributed by atoms with Crippen molar-refractivity contribution in [1.82, 2.24) is 0 Å². The predicted octanol–water partition coefficient (Wildman–Crippen LogP) is 9.19. The molecule has 0 bridgehead atoms. The highest BCUT2D eigenvalue weighted by Crippen LogP contribution is 2.43. The maximum atomic E-state index is 12.6. The lowest BCUT2D eigenvalue weighted by Gasteiger charge is -2.20. The Morgan fingerprint density at radius 3 is 1.87 bits per heavy atom. The lowest BCUT2D eigenvalue weighted by atomic mass is 10.0. The molecule has 0 radical (unpaired) electrons. The van der Waals surface area contributed by atoms with Gasteiger partial charge in [0.2, 0.25) is 0 Å². The topological polar surface area (TPSA) is 192 Å². The lowest BCUT2D eigenvalue weighted by molar-refractivity contribution is -0.161. The van der Waals surface area contributed by atoms with Gasteiger partial charge in [-0.2, -0.15) is 0 Å². The summed E-state index contributed by atoms with van der Waals surface area (Å²) in [4.78, 5) is 45.8. The molecule has 13 heteroatoms. The Labute approximate surface area is 325 Å². The van der Waals surface area contributed by atoms with Crippen LogP contribution in [0.2, 0.25) is 0 Å². The molecule has 0 aliphatic heterocycles. The van der Waals surface area contributed by atoms with Crippen molar-refractivity contribution in [1.29, 1.82) is 0 Å². The van der Waals surface area contributed by atoms with Crippen LogP contribution in [0, 0.1) is 0 Å². The first-order valence-corrected chi connectivity index (χ1v) is 21.8. The Morgan fingerprint density at radius 1 is 0.667 bits per heavy atom. The molecule has 0 rings (SSSR count). The van der Waals surface area contributed by atoms with Crippen molar-refractivity contribution in [3.8, 4) is 0 Å². The molecule has 54 heavy (non-hydrogen) atoms. The van der Waals surface area contributed by atoms with Gasteiger partial charge in [-0.3, -0.25) is 23.4 Å². The zero-order valence-corrected chi connectivity index (χ0v) is 34.1. The van der Waals surface area contributed by atoms with E-state index in [1.807, 2.05) is 36.5 Å². The Hall–Kier alpha value is -2.60. The fourth-order valence-electron chi connectivity index (χ4n) is 5.14. The number of esters is 2. The molecule has 0 aromatic rings. The quantitative estimate of drug-likeness (QED) is 0.0154. The number of aliphatic carboxylic acids is 1. The first-order chi connectivity index (χ1) is 26.0. The summed E-state index contributed by atoms with van der Waals surface area (Å²) in [5.41, 5.74) is 5.31. The standard InChI is InChI=1S/C41H72NO11P/c1-3-5-7-9-11-12-13-14-15-19-24-28-32-40(45)53-37(34-51-54(48,49)52-35-38(42)41(46)47)33-50-39(44)31-27-23-20-16-18-22-26-30-36(43)29-25-21-17-10-8-6-4-2/h16-17,20-22,25-26,29,36-38,43H,3-15,18-19,23-24,27-28,30-35,42H2,1-2H3,(H,46,47)(H,48,49)/b20-16+,21-17-,26-22-,29-25-/t36-,37-,38+/m1/s1. The van der Waals surface area contributed by atoms with Gasteiger partial charge >= 0.3 is 25.7 Å². The molecule has 0 aliphatic rings. The summed E-state index contributed by atoms with van der Waals surface area (Å²) in [5.74, 6) is -2.50. The van der Waals surface area contributed by atoms with E-state index in [1.165, 1.54) is 70.6 Å². The number of carbonyl (C=O) groups is 3. The van der Waals surface area contributed by atoms with Crippen molar-refractivity contribution in [2.45, 2.75) is 173 Å². The smallest absolute Gasteiger partial charge is 0.472 e. The average molecular weight is 786 g/mol. The van der Waals surface area contributed by atoms with Gasteiger partial charge in [-0.15, -0.1) is 0 Å². The number of allylic oxidation sites excluding steroid dienone is 6. The summed E-state index contributed by atoms with van der Waals surface area (Å²) in [6, 6.07) is -1.54. The van der Waals surface area contributed by atoms with E-state index in [9.17, 15) is 28.9 Å². The van der Waals surface area contributed by atoms with Crippen LogP contribution in [0.15, 0.2) is 48.6 Å². The van der Waals surface area contributed by atoms with Crippen LogP contribution in [0.25, 0.3) is 0 Å². The van der Waals surface area contributed by atoms with Crippen LogP contribution < -0.4 is 5.73 Å². The van der Waals surface area contributed by atoms with Crippen molar-refractivity contribution in [3.63, 3.8) is 0 Å². The van der Waals surface area contributed by atoms with E-state index in [2.05, 4.69) is 24.4 Å². The van der Waals surface area contributed by atoms with Crippen molar-refractivity contribution in [2.24, 2.45) is 5.73 Å². The Morgan fingerprint density at radius 2 is 1.22 bits per heavy atom. The maximum Gasteiger partial charge on any atom is 0.472 e. The molecule has 312 valence electrons. The number of phosphoric ester groups is 1. The van der Waals surface area contributed by atoms with Gasteiger partial charge in [-0.1, -0.05) is 146 Å². The van der Waals surface area contributed by atoms with Crippen LogP contribution in [0.4, 0.5) is 0 Å². The van der Waals surface area contributed by atoms with E-state index in [0.717, 1.165) is 25.7 Å². The summed E-state index contributed by atoms with van der Waals surface area (Å²) in [7, 11) is -4.74. The summed E-state index contributed by atoms with van der Waals surface area (Å²) < 4.78 is 32.5. The van der Waals surface area contributed by atoms with E-state index in [1.54, 1.807) is 6.08 Å². The number of nitrogens with two attached hydrogens (primary N) is 1. The first kappa shape index (κ1) is 51.4. The predicted molar refractivity (Wildman–Crippen MR) is 214 cm³/mol. The van der Waals surface area contributed by atoms with Gasteiger partial charge in [0, 0.05) is 12.8 Å². The summed E-state index contributed by atoms with van der Waals surface area (Å²) >= 11 is 0. The van der Waals surface area contributed by atoms with Crippen molar-refractivity contribution in [3.05, 3.63) is 48.6 Å². The van der Waals surface area contributed by atoms with Gasteiger partial charge in [-0.05, 0) is 44.9 Å². The second-order valence-corrected chi connectivity index (χ2v) is 15.1. The lowest BCUT2D eigenvalue weighted by Crippen LogP contribution is -2.34. The second-order valence-electron chi connectivity index (χ2n) is 13.6. The maximum absolute atomic E-state index is 12.6. The molecule has 0 aromatic carbocycles. The van der Waals surface area contributed by atoms with Crippen LogP contribution in [-0.2, 0) is 37.5 Å². The molecule has 0 aromatic heterocycles. The van der Waals surface area contributed by atoms with Gasteiger partial charge in [0.15, 0.2) is 6.10 Å². The number of carbonyl (C=O) groups excluding carboxylic acids is 2. The van der Waals surface area contributed by atoms with Crippen molar-refractivity contribution < 1.29 is 52.6 Å². The fourth-order valence-corrected chi connectivity index (χ4v) is 5.91. The molecule has 0 heterocycles. The van der Waals surface area contributed by atoms with Crippen molar-refractivity contribution >= 4 is 25.7 Å². The molecule has 0 saturated heterocycles. The Balaban J connectivity index is 4.55. The molecular formula is C41H72NO11P. The summed E-state index contributed by atoms with van der Waals surface area (Å²) in [6.07, 6.45) is 35.0. The van der Waals surface area contributed by atoms with E-state index >= 15 is 0 Å². The number of unbranched alkanes of at least 4 members (excludes halogenated alkanes) is 15. The molecule has 1 unspecified atom stereocenters. The third kappa shape index (κ3) is 35.1. The van der Waals surface area contributed by atoms with Crippen LogP contribution in [0.1, 0.15) is 155 Å². The van der Waals surface area contributed by atoms with Gasteiger partial charge in [-0.25, -0.2) is 4.57 Å². The van der Waals surface area contributed by atoms with E-state index in [-0.39, 0.29) is 12.8 Å². The molecule has 0 fully saturated rings. The van der Waals surface area contributed by atoms with Crippen LogP contribution in [-0.4, -0.2) is 71.1 Å². The average Bonchev–Trinajstić information content (AvgIpc) is 3.14. The normalized spacial score (nSPS) is 14.9. The number of carboxylic acids is 1. The minimum absolute atomic E-state index is 0.112. The summed E-state index contributed by atoms with van der Waals surface area (Å²) in [6.45, 7) is 2.61. The zero-order valence-electron chi connectivity index (χ0n) is 33.2. The fraction of sp³-hybridized carbons (Fsp3) is 0.732. The molecule has 0 aliphatic carbocycles. The second kappa shape index (κ2) is 36.1. The number of hydrogen-bond acceptors (Lipinski definition) is 10. The molecule has 0 amide bonds. The number of carboxylic acid groups (broad SMARTS) is 1. The molecule has 5 N–H and O–H groups in total. The number of ether oxygens (including phenoxy) is 2.